The second-order valence-corrected chi connectivity index (χ2v) is 1.90. The number of hydrogen-bond donors (Lipinski definition) is 2. The number of nitrogens with one attached hydrogen (secondary N) is 2. The Morgan fingerprint density at radius 1 is 1.64 bits per heavy atom. The lowest BCUT2D eigenvalue weighted by atomic mass is 10.2. The molecule has 2 N–H and O–H groups in total. The summed E-state index contributed by atoms with van der Waals surface area (Å²) < 4.78 is 0. The summed E-state index contributed by atoms with van der Waals surface area (Å²) in [6.07, 6.45) is 4.59. The summed E-state index contributed by atoms with van der Waals surface area (Å²) in [5.74, 6) is 0. The second-order valence-electron chi connectivity index (χ2n) is 1.90. The lowest BCUT2D eigenvalue weighted by Gasteiger charge is -2.02. The van der Waals surface area contributed by atoms with E-state index < -0.39 is 0 Å². The highest BCUT2D eigenvalue weighted by molar-refractivity contribution is 5.89. The van der Waals surface area contributed by atoms with Crippen molar-refractivity contribution >= 4 is 12.4 Å². The van der Waals surface area contributed by atoms with Crippen molar-refractivity contribution in [3.8, 4) is 0 Å². The van der Waals surface area contributed by atoms with Gasteiger partial charge in [-0.2, -0.15) is 0 Å². The molecule has 0 aliphatic heterocycles. The van der Waals surface area contributed by atoms with E-state index in [9.17, 15) is 0 Å². The van der Waals surface area contributed by atoms with Crippen LogP contribution in [0.4, 0.5) is 0 Å². The van der Waals surface area contributed by atoms with E-state index in [1.807, 2.05) is 0 Å². The van der Waals surface area contributed by atoms with Gasteiger partial charge in [-0.05, 0) is 6.08 Å². The molecule has 0 aliphatic carbocycles. The third-order valence-electron chi connectivity index (χ3n) is 1.21. The van der Waals surface area contributed by atoms with E-state index in [2.05, 4.69) is 16.9 Å². The molecule has 0 radical (unpaired) electrons. The van der Waals surface area contributed by atoms with Crippen LogP contribution in [0.2, 0.25) is 0 Å². The Hall–Kier alpha value is -1.38. The van der Waals surface area contributed by atoms with Crippen LogP contribution in [-0.2, 0) is 0 Å². The topological polar surface area (TPSA) is 48.2 Å². The first-order chi connectivity index (χ1) is 5.26. The fraction of sp³-hybridized carbons (Fsp3) is 0.250. The minimum absolute atomic E-state index is 0.722. The van der Waals surface area contributed by atoms with Crippen molar-refractivity contribution in [2.75, 3.05) is 14.1 Å². The van der Waals surface area contributed by atoms with Crippen LogP contribution in [0.15, 0.2) is 28.9 Å². The molecule has 3 nitrogen and oxygen atoms in total. The summed E-state index contributed by atoms with van der Waals surface area (Å²) >= 11 is 0. The van der Waals surface area contributed by atoms with Gasteiger partial charge in [-0.1, -0.05) is 6.58 Å². The molecular weight excluding hydrogens is 138 g/mol. The molecule has 0 bridgehead atoms. The summed E-state index contributed by atoms with van der Waals surface area (Å²) in [4.78, 5) is 3.77. The van der Waals surface area contributed by atoms with Gasteiger partial charge in [0.1, 0.15) is 0 Å². The van der Waals surface area contributed by atoms with Crippen LogP contribution in [0.3, 0.4) is 0 Å². The summed E-state index contributed by atoms with van der Waals surface area (Å²) in [6.45, 7) is 3.70. The molecule has 0 aromatic rings. The highest BCUT2D eigenvalue weighted by Gasteiger charge is 1.93. The van der Waals surface area contributed by atoms with E-state index >= 15 is 0 Å². The highest BCUT2D eigenvalue weighted by Crippen LogP contribution is 1.97. The van der Waals surface area contributed by atoms with Gasteiger partial charge < -0.3 is 10.7 Å². The average molecular weight is 151 g/mol. The molecule has 0 heterocycles. The van der Waals surface area contributed by atoms with E-state index in [1.54, 1.807) is 26.4 Å². The first kappa shape index (κ1) is 9.62. The fourth-order valence-electron chi connectivity index (χ4n) is 0.535. The molecule has 11 heavy (non-hydrogen) atoms. The summed E-state index contributed by atoms with van der Waals surface area (Å²) in [5, 5.41) is 9.87. The molecular formula is C8H13N3. The minimum atomic E-state index is 0.722. The van der Waals surface area contributed by atoms with E-state index in [1.165, 1.54) is 6.21 Å². The Morgan fingerprint density at radius 3 is 2.64 bits per heavy atom. The van der Waals surface area contributed by atoms with Crippen LogP contribution in [-0.4, -0.2) is 26.5 Å². The third kappa shape index (κ3) is 3.35. The zero-order valence-corrected chi connectivity index (χ0v) is 6.89. The van der Waals surface area contributed by atoms with Crippen molar-refractivity contribution in [1.29, 1.82) is 5.41 Å². The van der Waals surface area contributed by atoms with Crippen LogP contribution in [0.25, 0.3) is 0 Å². The molecule has 0 saturated heterocycles. The lowest BCUT2D eigenvalue weighted by molar-refractivity contribution is 1.03. The fourth-order valence-corrected chi connectivity index (χ4v) is 0.535. The Balaban J connectivity index is 4.38. The Morgan fingerprint density at radius 2 is 2.27 bits per heavy atom. The number of allylic oxidation sites excluding steroid dienone is 2. The zero-order valence-electron chi connectivity index (χ0n) is 6.89. The molecule has 0 unspecified atom stereocenters. The SMILES string of the molecule is C=C(NC)/C(C=N)=C\C=NC. The van der Waals surface area contributed by atoms with Crippen molar-refractivity contribution in [2.45, 2.75) is 0 Å². The molecule has 0 amide bonds. The summed E-state index contributed by atoms with van der Waals surface area (Å²) in [6, 6.07) is 0. The Labute approximate surface area is 67.0 Å². The van der Waals surface area contributed by atoms with Crippen LogP contribution in [0.1, 0.15) is 0 Å². The van der Waals surface area contributed by atoms with E-state index in [-0.39, 0.29) is 0 Å². The van der Waals surface area contributed by atoms with Gasteiger partial charge in [-0.25, -0.2) is 0 Å². The maximum absolute atomic E-state index is 7.02. The molecule has 0 aromatic carbocycles. The Bertz CT molecular complexity index is 201. The van der Waals surface area contributed by atoms with E-state index in [0.717, 1.165) is 11.3 Å². The monoisotopic (exact) mass is 151 g/mol. The quantitative estimate of drug-likeness (QED) is 0.457. The summed E-state index contributed by atoms with van der Waals surface area (Å²) in [7, 11) is 3.45. The average Bonchev–Trinajstić information content (AvgIpc) is 2.05. The van der Waals surface area contributed by atoms with E-state index in [4.69, 9.17) is 5.41 Å². The second kappa shape index (κ2) is 5.41. The largest absolute Gasteiger partial charge is 0.388 e. The molecule has 0 fully saturated rings. The molecule has 60 valence electrons. The smallest absolute Gasteiger partial charge is 0.0354 e. The van der Waals surface area contributed by atoms with E-state index in [0.29, 0.717) is 0 Å². The van der Waals surface area contributed by atoms with Gasteiger partial charge in [0, 0.05) is 37.8 Å². The van der Waals surface area contributed by atoms with Crippen molar-refractivity contribution in [2.24, 2.45) is 4.99 Å². The van der Waals surface area contributed by atoms with Gasteiger partial charge in [0.2, 0.25) is 0 Å². The number of hydrogen-bond acceptors (Lipinski definition) is 3. The van der Waals surface area contributed by atoms with Gasteiger partial charge in [-0.3, -0.25) is 4.99 Å². The van der Waals surface area contributed by atoms with Crippen LogP contribution < -0.4 is 5.32 Å². The summed E-state index contributed by atoms with van der Waals surface area (Å²) in [5.41, 5.74) is 1.46. The predicted octanol–water partition coefficient (Wildman–Crippen LogP) is 0.996. The number of likely N-dealkylation sites (N-methyl/N-ethyl adjacent to an activating group) is 1. The number of nitrogens with zero attached hydrogens (tertiary/aromatic N) is 1. The molecule has 0 aromatic heterocycles. The molecule has 3 heteroatoms. The third-order valence-corrected chi connectivity index (χ3v) is 1.21. The maximum atomic E-state index is 7.02. The van der Waals surface area contributed by atoms with Crippen LogP contribution >= 0.6 is 0 Å². The number of rotatable bonds is 4. The van der Waals surface area contributed by atoms with Crippen LogP contribution in [0, 0.1) is 5.41 Å². The maximum Gasteiger partial charge on any atom is 0.0354 e. The van der Waals surface area contributed by atoms with Crippen molar-refractivity contribution < 1.29 is 0 Å². The normalized spacial score (nSPS) is 11.6. The van der Waals surface area contributed by atoms with Crippen LogP contribution in [0.5, 0.6) is 0 Å². The number of aliphatic imine (C=N–C) groups is 1. The van der Waals surface area contributed by atoms with Gasteiger partial charge in [-0.15, -0.1) is 0 Å². The molecule has 0 atom stereocenters. The van der Waals surface area contributed by atoms with Crippen molar-refractivity contribution in [3.05, 3.63) is 23.9 Å². The molecule has 0 saturated carbocycles. The van der Waals surface area contributed by atoms with Gasteiger partial charge >= 0.3 is 0 Å². The van der Waals surface area contributed by atoms with Gasteiger partial charge in [0.05, 0.1) is 0 Å². The molecule has 0 aliphatic rings. The zero-order chi connectivity index (χ0) is 8.69. The Kier molecular flexibility index (Phi) is 4.73. The highest BCUT2D eigenvalue weighted by atomic mass is 14.8. The van der Waals surface area contributed by atoms with Crippen molar-refractivity contribution in [3.63, 3.8) is 0 Å². The standard InChI is InChI=1S/C8H13N3/c1-7(11-3)8(6-9)4-5-10-2/h4-6,9,11H,1H2,2-3H3/b8-4-,9-6?,10-5?. The molecule has 0 rings (SSSR count). The first-order valence-corrected chi connectivity index (χ1v) is 3.26. The van der Waals surface area contributed by atoms with Gasteiger partial charge in [0.25, 0.3) is 0 Å². The minimum Gasteiger partial charge on any atom is -0.388 e. The predicted molar refractivity (Wildman–Crippen MR) is 49.5 cm³/mol. The van der Waals surface area contributed by atoms with Gasteiger partial charge in [0.15, 0.2) is 0 Å². The van der Waals surface area contributed by atoms with Crippen molar-refractivity contribution in [1.82, 2.24) is 5.32 Å². The molecule has 0 spiro atoms. The lowest BCUT2D eigenvalue weighted by Crippen LogP contribution is -2.07. The first-order valence-electron chi connectivity index (χ1n) is 3.26.